The van der Waals surface area contributed by atoms with Gasteiger partial charge in [-0.1, -0.05) is 6.07 Å². The van der Waals surface area contributed by atoms with E-state index in [1.165, 1.54) is 12.7 Å². The summed E-state index contributed by atoms with van der Waals surface area (Å²) in [6.45, 7) is 0.381. The van der Waals surface area contributed by atoms with Crippen molar-refractivity contribution >= 4 is 5.91 Å². The lowest BCUT2D eigenvalue weighted by Crippen LogP contribution is -2.23. The van der Waals surface area contributed by atoms with Crippen LogP contribution in [0.25, 0.3) is 0 Å². The molecular weight excluding hydrogens is 194 g/mol. The van der Waals surface area contributed by atoms with Gasteiger partial charge in [-0.2, -0.15) is 0 Å². The number of carbonyl (C=O) groups is 1. The number of pyridine rings is 1. The molecule has 76 valence electrons. The Hall–Kier alpha value is -2.17. The highest BCUT2D eigenvalue weighted by Crippen LogP contribution is 1.96. The van der Waals surface area contributed by atoms with Crippen LogP contribution in [0.15, 0.2) is 41.5 Å². The number of aromatic nitrogens is 2. The van der Waals surface area contributed by atoms with E-state index < -0.39 is 0 Å². The minimum absolute atomic E-state index is 0.269. The molecule has 0 saturated carbocycles. The van der Waals surface area contributed by atoms with E-state index in [1.807, 2.05) is 18.2 Å². The number of rotatable bonds is 3. The van der Waals surface area contributed by atoms with Crippen LogP contribution in [-0.2, 0) is 6.54 Å². The Morgan fingerprint density at radius 2 is 2.33 bits per heavy atom. The first-order valence-electron chi connectivity index (χ1n) is 4.42. The number of oxazole rings is 1. The summed E-state index contributed by atoms with van der Waals surface area (Å²) < 4.78 is 4.70. The second-order valence-corrected chi connectivity index (χ2v) is 2.88. The van der Waals surface area contributed by atoms with E-state index in [0.29, 0.717) is 6.54 Å². The summed E-state index contributed by atoms with van der Waals surface area (Å²) in [5.41, 5.74) is 1.07. The third-order valence-corrected chi connectivity index (χ3v) is 1.82. The summed E-state index contributed by atoms with van der Waals surface area (Å²) in [5, 5.41) is 2.68. The van der Waals surface area contributed by atoms with Crippen molar-refractivity contribution in [3.63, 3.8) is 0 Å². The summed E-state index contributed by atoms with van der Waals surface area (Å²) in [4.78, 5) is 19.2. The van der Waals surface area contributed by atoms with E-state index in [1.54, 1.807) is 6.20 Å². The maximum absolute atomic E-state index is 11.4. The molecule has 2 aromatic heterocycles. The predicted octanol–water partition coefficient (Wildman–Crippen LogP) is 1.000. The van der Waals surface area contributed by atoms with Gasteiger partial charge in [0.15, 0.2) is 12.1 Å². The average Bonchev–Trinajstić information content (AvgIpc) is 2.81. The molecule has 1 amide bonds. The number of hydrogen-bond acceptors (Lipinski definition) is 4. The number of nitrogens with zero attached hydrogens (tertiary/aromatic N) is 2. The van der Waals surface area contributed by atoms with Crippen molar-refractivity contribution in [2.24, 2.45) is 0 Å². The molecule has 0 aliphatic heterocycles. The second kappa shape index (κ2) is 4.36. The number of carbonyl (C=O) groups excluding carboxylic acids is 1. The Morgan fingerprint density at radius 3 is 3.00 bits per heavy atom. The molecule has 5 nitrogen and oxygen atoms in total. The summed E-state index contributed by atoms with van der Waals surface area (Å²) in [6.07, 6.45) is 4.20. The molecule has 0 atom stereocenters. The highest BCUT2D eigenvalue weighted by molar-refractivity contribution is 5.91. The topological polar surface area (TPSA) is 68.0 Å². The molecule has 2 heterocycles. The monoisotopic (exact) mass is 203 g/mol. The van der Waals surface area contributed by atoms with Gasteiger partial charge in [-0.15, -0.1) is 0 Å². The van der Waals surface area contributed by atoms with E-state index in [2.05, 4.69) is 15.3 Å². The minimum Gasteiger partial charge on any atom is -0.451 e. The largest absolute Gasteiger partial charge is 0.451 e. The average molecular weight is 203 g/mol. The molecule has 0 aliphatic carbocycles. The van der Waals surface area contributed by atoms with Gasteiger partial charge in [0, 0.05) is 6.20 Å². The number of amides is 1. The fourth-order valence-electron chi connectivity index (χ4n) is 1.09. The molecule has 0 unspecified atom stereocenters. The van der Waals surface area contributed by atoms with E-state index in [4.69, 9.17) is 4.42 Å². The second-order valence-electron chi connectivity index (χ2n) is 2.88. The first kappa shape index (κ1) is 9.39. The van der Waals surface area contributed by atoms with Crippen LogP contribution in [-0.4, -0.2) is 15.9 Å². The fourth-order valence-corrected chi connectivity index (χ4v) is 1.09. The quantitative estimate of drug-likeness (QED) is 0.808. The zero-order valence-corrected chi connectivity index (χ0v) is 7.88. The van der Waals surface area contributed by atoms with Gasteiger partial charge in [0.05, 0.1) is 12.2 Å². The standard InChI is InChI=1S/C10H9N3O2/c14-10(9-6-15-7-13-9)12-5-8-3-1-2-4-11-8/h1-4,6-7H,5H2,(H,12,14). The Morgan fingerprint density at radius 1 is 1.40 bits per heavy atom. The Labute approximate surface area is 86.2 Å². The molecule has 5 heteroatoms. The molecule has 0 spiro atoms. The molecule has 0 aromatic carbocycles. The fraction of sp³-hybridized carbons (Fsp3) is 0.100. The van der Waals surface area contributed by atoms with Crippen LogP contribution in [0.3, 0.4) is 0 Å². The molecular formula is C10H9N3O2. The molecule has 2 rings (SSSR count). The van der Waals surface area contributed by atoms with E-state index in [0.717, 1.165) is 5.69 Å². The van der Waals surface area contributed by atoms with Crippen LogP contribution in [0.4, 0.5) is 0 Å². The van der Waals surface area contributed by atoms with Gasteiger partial charge in [-0.05, 0) is 12.1 Å². The number of nitrogens with one attached hydrogen (secondary N) is 1. The van der Waals surface area contributed by atoms with Crippen molar-refractivity contribution in [1.29, 1.82) is 0 Å². The van der Waals surface area contributed by atoms with Crippen LogP contribution in [0.5, 0.6) is 0 Å². The minimum atomic E-state index is -0.269. The predicted molar refractivity (Wildman–Crippen MR) is 51.9 cm³/mol. The van der Waals surface area contributed by atoms with Crippen molar-refractivity contribution in [3.8, 4) is 0 Å². The summed E-state index contributed by atoms with van der Waals surface area (Å²) in [7, 11) is 0. The van der Waals surface area contributed by atoms with Gasteiger partial charge in [0.1, 0.15) is 6.26 Å². The van der Waals surface area contributed by atoms with Crippen LogP contribution in [0, 0.1) is 0 Å². The van der Waals surface area contributed by atoms with Crippen LogP contribution in [0.2, 0.25) is 0 Å². The summed E-state index contributed by atoms with van der Waals surface area (Å²) in [5.74, 6) is -0.269. The van der Waals surface area contributed by atoms with Gasteiger partial charge >= 0.3 is 0 Å². The molecule has 0 fully saturated rings. The zero-order chi connectivity index (χ0) is 10.5. The zero-order valence-electron chi connectivity index (χ0n) is 7.88. The van der Waals surface area contributed by atoms with E-state index in [9.17, 15) is 4.79 Å². The van der Waals surface area contributed by atoms with Crippen LogP contribution in [0.1, 0.15) is 16.2 Å². The third-order valence-electron chi connectivity index (χ3n) is 1.82. The van der Waals surface area contributed by atoms with Crippen molar-refractivity contribution in [2.75, 3.05) is 0 Å². The molecule has 15 heavy (non-hydrogen) atoms. The van der Waals surface area contributed by atoms with E-state index in [-0.39, 0.29) is 11.6 Å². The van der Waals surface area contributed by atoms with E-state index >= 15 is 0 Å². The molecule has 2 aromatic rings. The van der Waals surface area contributed by atoms with Crippen LogP contribution >= 0.6 is 0 Å². The third kappa shape index (κ3) is 2.40. The molecule has 0 saturated heterocycles. The number of hydrogen-bond donors (Lipinski definition) is 1. The summed E-state index contributed by atoms with van der Waals surface area (Å²) >= 11 is 0. The lowest BCUT2D eigenvalue weighted by Gasteiger charge is -2.01. The smallest absolute Gasteiger partial charge is 0.273 e. The Bertz CT molecular complexity index is 425. The van der Waals surface area contributed by atoms with Crippen molar-refractivity contribution < 1.29 is 9.21 Å². The van der Waals surface area contributed by atoms with Gasteiger partial charge in [0.2, 0.25) is 0 Å². The Balaban J connectivity index is 1.92. The SMILES string of the molecule is O=C(NCc1ccccn1)c1cocn1. The van der Waals surface area contributed by atoms with Gasteiger partial charge < -0.3 is 9.73 Å². The first-order valence-corrected chi connectivity index (χ1v) is 4.42. The molecule has 0 aliphatic rings. The van der Waals surface area contributed by atoms with Crippen molar-refractivity contribution in [2.45, 2.75) is 6.54 Å². The van der Waals surface area contributed by atoms with Crippen molar-refractivity contribution in [3.05, 3.63) is 48.4 Å². The molecule has 0 bridgehead atoms. The van der Waals surface area contributed by atoms with Gasteiger partial charge in [-0.3, -0.25) is 9.78 Å². The Kier molecular flexibility index (Phi) is 2.73. The molecule has 1 N–H and O–H groups in total. The highest BCUT2D eigenvalue weighted by atomic mass is 16.3. The lowest BCUT2D eigenvalue weighted by atomic mass is 10.3. The molecule has 0 radical (unpaired) electrons. The van der Waals surface area contributed by atoms with Crippen LogP contribution < -0.4 is 5.32 Å². The van der Waals surface area contributed by atoms with Gasteiger partial charge in [-0.25, -0.2) is 4.98 Å². The summed E-state index contributed by atoms with van der Waals surface area (Å²) in [6, 6.07) is 5.52. The maximum Gasteiger partial charge on any atom is 0.273 e. The van der Waals surface area contributed by atoms with Gasteiger partial charge in [0.25, 0.3) is 5.91 Å². The first-order chi connectivity index (χ1) is 7.36. The lowest BCUT2D eigenvalue weighted by molar-refractivity contribution is 0.0945. The van der Waals surface area contributed by atoms with Crippen molar-refractivity contribution in [1.82, 2.24) is 15.3 Å². The maximum atomic E-state index is 11.4. The highest BCUT2D eigenvalue weighted by Gasteiger charge is 2.07. The normalized spacial score (nSPS) is 9.87.